The number of likely N-dealkylation sites (tertiary alicyclic amines) is 1. The summed E-state index contributed by atoms with van der Waals surface area (Å²) in [5.41, 5.74) is 4.33. The molecule has 5 rings (SSSR count). The van der Waals surface area contributed by atoms with Crippen molar-refractivity contribution in [2.75, 3.05) is 40.4 Å². The highest BCUT2D eigenvalue weighted by atomic mass is 19.1. The Balaban J connectivity index is 1.33. The Morgan fingerprint density at radius 1 is 1.17 bits per heavy atom. The molecule has 0 aliphatic carbocycles. The molecule has 1 saturated heterocycles. The topological polar surface area (TPSA) is 87.8 Å². The molecule has 2 aromatic heterocycles. The molecule has 1 atom stereocenters. The van der Waals surface area contributed by atoms with Crippen molar-refractivity contribution in [3.8, 4) is 16.9 Å². The van der Waals surface area contributed by atoms with Gasteiger partial charge < -0.3 is 19.4 Å². The smallest absolute Gasteiger partial charge is 0.328 e. The number of carbonyl (C=O) groups is 2. The molecular formula is C27H29FN4O4. The molecule has 188 valence electrons. The summed E-state index contributed by atoms with van der Waals surface area (Å²) in [5, 5.41) is 0.887. The number of pyridine rings is 1. The summed E-state index contributed by atoms with van der Waals surface area (Å²) in [6, 6.07) is 7.91. The number of methoxy groups -OCH3 is 2. The summed E-state index contributed by atoms with van der Waals surface area (Å²) in [6.45, 7) is 2.22. The number of carbonyl (C=O) groups excluding carboxylic acids is 2. The molecule has 1 amide bonds. The highest BCUT2D eigenvalue weighted by Gasteiger charge is 2.35. The average Bonchev–Trinajstić information content (AvgIpc) is 3.56. The maximum Gasteiger partial charge on any atom is 0.328 e. The fraction of sp³-hybridized carbons (Fsp3) is 0.370. The molecule has 36 heavy (non-hydrogen) atoms. The predicted octanol–water partition coefficient (Wildman–Crippen LogP) is 3.63. The average molecular weight is 493 g/mol. The van der Waals surface area contributed by atoms with Crippen LogP contribution in [0.1, 0.15) is 25.0 Å². The van der Waals surface area contributed by atoms with Gasteiger partial charge in [-0.2, -0.15) is 0 Å². The highest BCUT2D eigenvalue weighted by molar-refractivity contribution is 5.96. The number of nitrogens with zero attached hydrogens (tertiary/aromatic N) is 3. The summed E-state index contributed by atoms with van der Waals surface area (Å²) in [7, 11) is 2.93. The summed E-state index contributed by atoms with van der Waals surface area (Å²) in [4.78, 5) is 36.5. The molecule has 1 fully saturated rings. The zero-order chi connectivity index (χ0) is 25.2. The van der Waals surface area contributed by atoms with Crippen molar-refractivity contribution in [1.82, 2.24) is 19.8 Å². The third-order valence-electron chi connectivity index (χ3n) is 7.03. The third-order valence-corrected chi connectivity index (χ3v) is 7.03. The van der Waals surface area contributed by atoms with Crippen LogP contribution >= 0.6 is 0 Å². The number of H-pyrrole nitrogens is 1. The number of hydrogen-bond acceptors (Lipinski definition) is 6. The number of benzene rings is 1. The van der Waals surface area contributed by atoms with Crippen LogP contribution in [0.3, 0.4) is 0 Å². The highest BCUT2D eigenvalue weighted by Crippen LogP contribution is 2.36. The second-order valence-electron chi connectivity index (χ2n) is 9.13. The Bertz CT molecular complexity index is 1330. The van der Waals surface area contributed by atoms with E-state index in [0.717, 1.165) is 47.3 Å². The summed E-state index contributed by atoms with van der Waals surface area (Å²) < 4.78 is 24.3. The van der Waals surface area contributed by atoms with E-state index in [2.05, 4.69) is 20.9 Å². The molecule has 0 saturated carbocycles. The number of aromatic nitrogens is 2. The van der Waals surface area contributed by atoms with E-state index in [0.29, 0.717) is 30.8 Å². The van der Waals surface area contributed by atoms with Crippen LogP contribution in [0.15, 0.2) is 42.6 Å². The van der Waals surface area contributed by atoms with Gasteiger partial charge in [-0.1, -0.05) is 6.08 Å². The number of esters is 1. The van der Waals surface area contributed by atoms with Crippen molar-refractivity contribution in [3.05, 3.63) is 54.1 Å². The van der Waals surface area contributed by atoms with Crippen LogP contribution in [-0.4, -0.2) is 78.1 Å². The van der Waals surface area contributed by atoms with Gasteiger partial charge >= 0.3 is 5.97 Å². The molecule has 2 aliphatic heterocycles. The standard InChI is InChI=1S/C27H29FN4O4/c1-35-24-6-5-18(28)14-20(24)19-7-10-29-26-21(19)15-22(30-26)17-8-12-31(13-9-17)16-25(33)32-11-3-4-23(32)27(34)36-2/h5-8,10,14-15,23H,3-4,9,11-13,16H2,1-2H3,(H,29,30)/t23-/m0/s1. The maximum atomic E-state index is 14.0. The molecule has 1 aromatic carbocycles. The second-order valence-corrected chi connectivity index (χ2v) is 9.13. The molecule has 0 unspecified atom stereocenters. The third kappa shape index (κ3) is 4.58. The van der Waals surface area contributed by atoms with Crippen molar-refractivity contribution < 1.29 is 23.5 Å². The molecule has 0 bridgehead atoms. The summed E-state index contributed by atoms with van der Waals surface area (Å²) in [6.07, 6.45) is 6.05. The lowest BCUT2D eigenvalue weighted by Gasteiger charge is -2.29. The van der Waals surface area contributed by atoms with E-state index in [1.807, 2.05) is 12.1 Å². The first-order valence-electron chi connectivity index (χ1n) is 12.1. The van der Waals surface area contributed by atoms with E-state index in [9.17, 15) is 14.0 Å². The molecule has 3 aromatic rings. The fourth-order valence-electron chi connectivity index (χ4n) is 5.15. The number of nitrogens with one attached hydrogen (secondary N) is 1. The number of hydrogen-bond donors (Lipinski definition) is 1. The van der Waals surface area contributed by atoms with Crippen molar-refractivity contribution >= 4 is 28.5 Å². The van der Waals surface area contributed by atoms with Crippen molar-refractivity contribution in [2.45, 2.75) is 25.3 Å². The largest absolute Gasteiger partial charge is 0.496 e. The zero-order valence-electron chi connectivity index (χ0n) is 20.4. The lowest BCUT2D eigenvalue weighted by molar-refractivity contribution is -0.151. The van der Waals surface area contributed by atoms with Crippen LogP contribution < -0.4 is 4.74 Å². The van der Waals surface area contributed by atoms with E-state index in [4.69, 9.17) is 9.47 Å². The van der Waals surface area contributed by atoms with Gasteiger partial charge in [0.25, 0.3) is 0 Å². The Morgan fingerprint density at radius 2 is 2.03 bits per heavy atom. The van der Waals surface area contributed by atoms with Gasteiger partial charge in [0.05, 0.1) is 20.8 Å². The summed E-state index contributed by atoms with van der Waals surface area (Å²) in [5.74, 6) is -0.119. The van der Waals surface area contributed by atoms with Gasteiger partial charge in [-0.05, 0) is 60.7 Å². The van der Waals surface area contributed by atoms with Gasteiger partial charge in [0.2, 0.25) is 5.91 Å². The molecule has 2 aliphatic rings. The molecule has 0 radical (unpaired) electrons. The fourth-order valence-corrected chi connectivity index (χ4v) is 5.15. The minimum Gasteiger partial charge on any atom is -0.496 e. The Labute approximate surface area is 208 Å². The number of aromatic amines is 1. The minimum absolute atomic E-state index is 0.0387. The molecule has 9 heteroatoms. The first-order chi connectivity index (χ1) is 17.5. The number of halogens is 1. The monoisotopic (exact) mass is 492 g/mol. The van der Waals surface area contributed by atoms with Crippen LogP contribution in [0.4, 0.5) is 4.39 Å². The van der Waals surface area contributed by atoms with E-state index >= 15 is 0 Å². The van der Waals surface area contributed by atoms with Gasteiger partial charge in [0, 0.05) is 42.5 Å². The zero-order valence-corrected chi connectivity index (χ0v) is 20.4. The van der Waals surface area contributed by atoms with Crippen LogP contribution in [0.25, 0.3) is 27.7 Å². The van der Waals surface area contributed by atoms with Gasteiger partial charge in [-0.3, -0.25) is 9.69 Å². The van der Waals surface area contributed by atoms with Crippen LogP contribution in [0.5, 0.6) is 5.75 Å². The molecule has 0 spiro atoms. The van der Waals surface area contributed by atoms with Crippen LogP contribution in [0, 0.1) is 5.82 Å². The summed E-state index contributed by atoms with van der Waals surface area (Å²) >= 11 is 0. The molecular weight excluding hydrogens is 463 g/mol. The van der Waals surface area contributed by atoms with Gasteiger partial charge in [0.1, 0.15) is 23.3 Å². The van der Waals surface area contributed by atoms with Crippen molar-refractivity contribution in [2.24, 2.45) is 0 Å². The Hall–Kier alpha value is -3.72. The first-order valence-corrected chi connectivity index (χ1v) is 12.1. The van der Waals surface area contributed by atoms with Crippen LogP contribution in [0.2, 0.25) is 0 Å². The van der Waals surface area contributed by atoms with E-state index < -0.39 is 6.04 Å². The van der Waals surface area contributed by atoms with E-state index in [1.54, 1.807) is 24.3 Å². The predicted molar refractivity (Wildman–Crippen MR) is 134 cm³/mol. The second kappa shape index (κ2) is 10.1. The lowest BCUT2D eigenvalue weighted by Crippen LogP contribution is -2.46. The van der Waals surface area contributed by atoms with Crippen molar-refractivity contribution in [3.63, 3.8) is 0 Å². The van der Waals surface area contributed by atoms with Crippen LogP contribution in [-0.2, 0) is 14.3 Å². The van der Waals surface area contributed by atoms with Gasteiger partial charge in [-0.15, -0.1) is 0 Å². The van der Waals surface area contributed by atoms with E-state index in [1.165, 1.54) is 19.2 Å². The maximum absolute atomic E-state index is 14.0. The number of fused-ring (bicyclic) bond motifs is 1. The Kier molecular flexibility index (Phi) is 6.73. The normalized spacial score (nSPS) is 18.4. The number of ether oxygens (including phenoxy) is 2. The minimum atomic E-state index is -0.469. The molecule has 4 heterocycles. The van der Waals surface area contributed by atoms with E-state index in [-0.39, 0.29) is 24.2 Å². The Morgan fingerprint density at radius 3 is 2.78 bits per heavy atom. The number of rotatable bonds is 6. The van der Waals surface area contributed by atoms with Gasteiger partial charge in [0.15, 0.2) is 0 Å². The van der Waals surface area contributed by atoms with Crippen molar-refractivity contribution in [1.29, 1.82) is 0 Å². The SMILES string of the molecule is COC(=O)[C@@H]1CCCN1C(=O)CN1CC=C(c2cc3c(-c4cc(F)ccc4OC)ccnc3[nH]2)CC1. The number of amides is 1. The molecule has 8 nitrogen and oxygen atoms in total. The first kappa shape index (κ1) is 24.0. The van der Waals surface area contributed by atoms with Gasteiger partial charge in [-0.25, -0.2) is 14.2 Å². The quantitative estimate of drug-likeness (QED) is 0.529. The molecule has 1 N–H and O–H groups in total. The lowest BCUT2D eigenvalue weighted by atomic mass is 10.0.